The van der Waals surface area contributed by atoms with E-state index in [0.717, 1.165) is 14.9 Å². The van der Waals surface area contributed by atoms with Crippen LogP contribution < -0.4 is 19.5 Å². The average Bonchev–Trinajstić information content (AvgIpc) is 3.17. The van der Waals surface area contributed by atoms with Crippen molar-refractivity contribution >= 4 is 68.8 Å². The number of carbonyl (C=O) groups excluding carboxylic acids is 1. The molecule has 1 heterocycles. The molecule has 6 nitrogen and oxygen atoms in total. The van der Waals surface area contributed by atoms with E-state index in [0.29, 0.717) is 44.5 Å². The van der Waals surface area contributed by atoms with Crippen LogP contribution in [0.5, 0.6) is 17.2 Å². The van der Waals surface area contributed by atoms with Crippen LogP contribution in [0, 0.1) is 3.57 Å². The first-order chi connectivity index (χ1) is 16.4. The summed E-state index contributed by atoms with van der Waals surface area (Å²) in [6.45, 7) is 0.358. The summed E-state index contributed by atoms with van der Waals surface area (Å²) in [5, 5.41) is 3.68. The molecule has 1 N–H and O–H groups in total. The van der Waals surface area contributed by atoms with Gasteiger partial charge in [-0.3, -0.25) is 4.79 Å². The van der Waals surface area contributed by atoms with Crippen LogP contribution in [0.25, 0.3) is 6.08 Å². The first kappa shape index (κ1) is 24.4. The maximum atomic E-state index is 12.5. The van der Waals surface area contributed by atoms with Crippen LogP contribution in [0.4, 0.5) is 5.69 Å². The maximum absolute atomic E-state index is 12.5. The number of amidine groups is 1. The predicted octanol–water partition coefficient (Wildman–Crippen LogP) is 6.43. The summed E-state index contributed by atoms with van der Waals surface area (Å²) in [5.41, 5.74) is 2.45. The molecule has 1 aliphatic rings. The molecule has 1 aliphatic heterocycles. The van der Waals surface area contributed by atoms with Gasteiger partial charge in [0, 0.05) is 3.57 Å². The molecule has 1 amide bonds. The highest BCUT2D eigenvalue weighted by Crippen LogP contribution is 2.38. The van der Waals surface area contributed by atoms with Crippen LogP contribution in [0.2, 0.25) is 5.02 Å². The Morgan fingerprint density at radius 2 is 1.79 bits per heavy atom. The standard InChI is InChI=1S/C25H20ClIN2O4S/c1-31-19-9-7-18(8-10-19)28-25-29-24(30)22(34-25)13-16-11-20(26)23(21(12-16)32-2)33-14-15-3-5-17(27)6-4-15/h3-13H,14H2,1-2H3,(H,28,29,30)/b22-13+. The van der Waals surface area contributed by atoms with E-state index in [9.17, 15) is 4.79 Å². The zero-order valence-electron chi connectivity index (χ0n) is 18.3. The fourth-order valence-electron chi connectivity index (χ4n) is 3.11. The van der Waals surface area contributed by atoms with Crippen LogP contribution in [0.15, 0.2) is 70.6 Å². The van der Waals surface area contributed by atoms with Gasteiger partial charge in [0.25, 0.3) is 5.91 Å². The third kappa shape index (κ3) is 6.05. The summed E-state index contributed by atoms with van der Waals surface area (Å²) in [5.74, 6) is 1.45. The van der Waals surface area contributed by atoms with Gasteiger partial charge in [0.2, 0.25) is 0 Å². The number of hydrogen-bond acceptors (Lipinski definition) is 6. The number of rotatable bonds is 7. The molecule has 0 radical (unpaired) electrons. The number of ether oxygens (including phenoxy) is 3. The fourth-order valence-corrected chi connectivity index (χ4v) is 4.58. The van der Waals surface area contributed by atoms with Crippen LogP contribution in [-0.2, 0) is 11.4 Å². The molecule has 0 spiro atoms. The van der Waals surface area contributed by atoms with Gasteiger partial charge in [0.05, 0.1) is 29.8 Å². The van der Waals surface area contributed by atoms with Crippen molar-refractivity contribution in [3.05, 3.63) is 85.3 Å². The molecule has 0 saturated carbocycles. The van der Waals surface area contributed by atoms with Gasteiger partial charge in [0.1, 0.15) is 12.4 Å². The van der Waals surface area contributed by atoms with E-state index in [-0.39, 0.29) is 5.91 Å². The molecule has 1 saturated heterocycles. The predicted molar refractivity (Wildman–Crippen MR) is 145 cm³/mol. The minimum Gasteiger partial charge on any atom is -0.497 e. The van der Waals surface area contributed by atoms with Crippen LogP contribution in [0.1, 0.15) is 11.1 Å². The third-order valence-electron chi connectivity index (χ3n) is 4.80. The van der Waals surface area contributed by atoms with E-state index >= 15 is 0 Å². The topological polar surface area (TPSA) is 69.2 Å². The molecule has 9 heteroatoms. The minimum atomic E-state index is -0.230. The molecule has 34 heavy (non-hydrogen) atoms. The van der Waals surface area contributed by atoms with Crippen molar-refractivity contribution in [1.29, 1.82) is 0 Å². The van der Waals surface area contributed by atoms with E-state index in [1.807, 2.05) is 48.5 Å². The number of thioether (sulfide) groups is 1. The van der Waals surface area contributed by atoms with Crippen molar-refractivity contribution in [3.8, 4) is 17.2 Å². The average molecular weight is 607 g/mol. The molecule has 174 valence electrons. The zero-order chi connectivity index (χ0) is 24.1. The lowest BCUT2D eigenvalue weighted by atomic mass is 10.1. The Bertz CT molecular complexity index is 1260. The summed E-state index contributed by atoms with van der Waals surface area (Å²) in [7, 11) is 3.16. The lowest BCUT2D eigenvalue weighted by Crippen LogP contribution is -2.19. The first-order valence-electron chi connectivity index (χ1n) is 10.1. The fraction of sp³-hybridized carbons (Fsp3) is 0.120. The Morgan fingerprint density at radius 1 is 1.06 bits per heavy atom. The van der Waals surface area contributed by atoms with Crippen molar-refractivity contribution in [2.75, 3.05) is 14.2 Å². The minimum absolute atomic E-state index is 0.230. The van der Waals surface area contributed by atoms with Gasteiger partial charge in [-0.15, -0.1) is 0 Å². The number of nitrogens with one attached hydrogen (secondary N) is 1. The number of benzene rings is 3. The van der Waals surface area contributed by atoms with E-state index in [1.54, 1.807) is 32.4 Å². The molecule has 1 fully saturated rings. The Balaban J connectivity index is 1.51. The van der Waals surface area contributed by atoms with E-state index in [2.05, 4.69) is 32.9 Å². The Labute approximate surface area is 220 Å². The monoisotopic (exact) mass is 606 g/mol. The SMILES string of the molecule is COc1ccc(N=C2NC(=O)/C(=C\c3cc(Cl)c(OCc4ccc(I)cc4)c(OC)c3)S2)cc1. The number of carbonyl (C=O) groups is 1. The van der Waals surface area contributed by atoms with Gasteiger partial charge >= 0.3 is 0 Å². The molecule has 3 aromatic carbocycles. The third-order valence-corrected chi connectivity index (χ3v) is 6.71. The van der Waals surface area contributed by atoms with Gasteiger partial charge in [0.15, 0.2) is 16.7 Å². The maximum Gasteiger partial charge on any atom is 0.264 e. The van der Waals surface area contributed by atoms with Crippen molar-refractivity contribution in [1.82, 2.24) is 5.32 Å². The quantitative estimate of drug-likeness (QED) is 0.248. The zero-order valence-corrected chi connectivity index (χ0v) is 22.0. The number of aliphatic imine (C=N–C) groups is 1. The second-order valence-corrected chi connectivity index (χ2v) is 9.81. The summed E-state index contributed by atoms with van der Waals surface area (Å²) >= 11 is 10.0. The van der Waals surface area contributed by atoms with Gasteiger partial charge in [-0.05, 0) is 100 Å². The molecule has 3 aromatic rings. The molecule has 0 atom stereocenters. The number of nitrogens with zero attached hydrogens (tertiary/aromatic N) is 1. The summed E-state index contributed by atoms with van der Waals surface area (Å²) < 4.78 is 17.8. The summed E-state index contributed by atoms with van der Waals surface area (Å²) in [6, 6.07) is 18.8. The first-order valence-corrected chi connectivity index (χ1v) is 12.4. The van der Waals surface area contributed by atoms with Crippen molar-refractivity contribution in [2.45, 2.75) is 6.61 Å². The number of hydrogen-bond donors (Lipinski definition) is 1. The molecule has 0 bridgehead atoms. The molecule has 4 rings (SSSR count). The van der Waals surface area contributed by atoms with Gasteiger partial charge in [-0.2, -0.15) is 0 Å². The highest BCUT2D eigenvalue weighted by molar-refractivity contribution is 14.1. The molecular formula is C25H20ClIN2O4S. The van der Waals surface area contributed by atoms with Gasteiger partial charge in [-0.25, -0.2) is 4.99 Å². The normalized spacial score (nSPS) is 15.5. The Kier molecular flexibility index (Phi) is 8.02. The highest BCUT2D eigenvalue weighted by Gasteiger charge is 2.24. The molecular weight excluding hydrogens is 587 g/mol. The van der Waals surface area contributed by atoms with Crippen molar-refractivity contribution in [2.24, 2.45) is 4.99 Å². The second-order valence-electron chi connectivity index (χ2n) is 7.13. The largest absolute Gasteiger partial charge is 0.497 e. The van der Waals surface area contributed by atoms with Crippen LogP contribution in [0.3, 0.4) is 0 Å². The highest BCUT2D eigenvalue weighted by atomic mass is 127. The summed E-state index contributed by atoms with van der Waals surface area (Å²) in [4.78, 5) is 17.5. The van der Waals surface area contributed by atoms with Gasteiger partial charge in [-0.1, -0.05) is 23.7 Å². The van der Waals surface area contributed by atoms with Crippen LogP contribution >= 0.6 is 46.0 Å². The van der Waals surface area contributed by atoms with Crippen molar-refractivity contribution < 1.29 is 19.0 Å². The summed E-state index contributed by atoms with van der Waals surface area (Å²) in [6.07, 6.45) is 1.74. The lowest BCUT2D eigenvalue weighted by molar-refractivity contribution is -0.115. The second kappa shape index (κ2) is 11.2. The number of amides is 1. The molecule has 0 aromatic heterocycles. The van der Waals surface area contributed by atoms with E-state index in [1.165, 1.54) is 11.8 Å². The van der Waals surface area contributed by atoms with Gasteiger partial charge < -0.3 is 19.5 Å². The molecule has 0 unspecified atom stereocenters. The van der Waals surface area contributed by atoms with E-state index < -0.39 is 0 Å². The Hall–Kier alpha value is -2.69. The van der Waals surface area contributed by atoms with Crippen LogP contribution in [-0.4, -0.2) is 25.3 Å². The lowest BCUT2D eigenvalue weighted by Gasteiger charge is -2.13. The Morgan fingerprint density at radius 3 is 2.47 bits per heavy atom. The van der Waals surface area contributed by atoms with E-state index in [4.69, 9.17) is 25.8 Å². The molecule has 0 aliphatic carbocycles. The number of methoxy groups -OCH3 is 2. The smallest absolute Gasteiger partial charge is 0.264 e. The van der Waals surface area contributed by atoms with Crippen molar-refractivity contribution in [3.63, 3.8) is 0 Å². The number of halogens is 2.